The quantitative estimate of drug-likeness (QED) is 0.0460. The van der Waals surface area contributed by atoms with Crippen LogP contribution in [-0.2, 0) is 19.1 Å². The topological polar surface area (TPSA) is 55.8 Å². The minimum absolute atomic E-state index is 0.0128. The van der Waals surface area contributed by atoms with Gasteiger partial charge in [-0.05, 0) is 89.5 Å². The molecular weight excluding hydrogens is 667 g/mol. The van der Waals surface area contributed by atoms with Gasteiger partial charge in [-0.2, -0.15) is 0 Å². The first-order valence-electron chi connectivity index (χ1n) is 24.7. The monoisotopic (exact) mass is 760 g/mol. The van der Waals surface area contributed by atoms with Crippen LogP contribution in [0.4, 0.5) is 0 Å². The molecule has 0 amide bonds. The highest BCUT2D eigenvalue weighted by molar-refractivity contribution is 5.69. The van der Waals surface area contributed by atoms with E-state index in [4.69, 9.17) is 9.47 Å². The maximum Gasteiger partial charge on any atom is 0.306 e. The Morgan fingerprint density at radius 3 is 1.44 bits per heavy atom. The van der Waals surface area contributed by atoms with Crippen molar-refractivity contribution < 1.29 is 19.1 Å². The first-order valence-corrected chi connectivity index (χ1v) is 24.7. The van der Waals surface area contributed by atoms with Gasteiger partial charge in [-0.1, -0.05) is 175 Å². The summed E-state index contributed by atoms with van der Waals surface area (Å²) in [6, 6.07) is 1.42. The Hall–Kier alpha value is -1.10. The average Bonchev–Trinajstić information content (AvgIpc) is 3.93. The third-order valence-corrected chi connectivity index (χ3v) is 12.7. The van der Waals surface area contributed by atoms with Crippen LogP contribution in [0, 0.1) is 5.92 Å². The second-order valence-electron chi connectivity index (χ2n) is 17.8. The molecule has 54 heavy (non-hydrogen) atoms. The number of hydrogen-bond donors (Lipinski definition) is 0. The SMILES string of the molecule is CCCCCCCCCCCOC(=O)CCCCC1CCC(CCCCCCC(=O)OC(CCCCCCCC)CCCCCCCC)N1CCC1CC1. The van der Waals surface area contributed by atoms with Crippen molar-refractivity contribution in [3.05, 3.63) is 0 Å². The van der Waals surface area contributed by atoms with Gasteiger partial charge < -0.3 is 9.47 Å². The number of nitrogens with zero attached hydrogens (tertiary/aromatic N) is 1. The summed E-state index contributed by atoms with van der Waals surface area (Å²) in [5.41, 5.74) is 0. The molecule has 0 aromatic rings. The molecule has 0 radical (unpaired) electrons. The summed E-state index contributed by atoms with van der Waals surface area (Å²) in [7, 11) is 0. The van der Waals surface area contributed by atoms with Crippen LogP contribution in [0.25, 0.3) is 0 Å². The highest BCUT2D eigenvalue weighted by Crippen LogP contribution is 2.36. The molecule has 0 N–H and O–H groups in total. The van der Waals surface area contributed by atoms with Gasteiger partial charge in [0.05, 0.1) is 6.61 Å². The number of carbonyl (C=O) groups excluding carboxylic acids is 2. The third kappa shape index (κ3) is 27.5. The van der Waals surface area contributed by atoms with Gasteiger partial charge in [0.2, 0.25) is 0 Å². The fraction of sp³-hybridized carbons (Fsp3) is 0.959. The molecule has 2 atom stereocenters. The largest absolute Gasteiger partial charge is 0.466 e. The van der Waals surface area contributed by atoms with Gasteiger partial charge in [0.25, 0.3) is 0 Å². The standard InChI is InChI=1S/C49H93NO4/c1-4-7-10-13-16-17-18-23-30-43-53-48(51)35-29-28-32-46-40-39-45(50(46)42-41-44-37-38-44)31-24-21-22-27-36-49(52)54-47(33-25-19-14-11-8-5-2)34-26-20-15-12-9-6-3/h44-47H,4-43H2,1-3H3. The van der Waals surface area contributed by atoms with Gasteiger partial charge in [-0.3, -0.25) is 14.5 Å². The summed E-state index contributed by atoms with van der Waals surface area (Å²) in [5, 5.41) is 0. The van der Waals surface area contributed by atoms with Crippen LogP contribution in [0.5, 0.6) is 0 Å². The van der Waals surface area contributed by atoms with E-state index in [2.05, 4.69) is 25.7 Å². The Labute approximate surface area is 337 Å². The van der Waals surface area contributed by atoms with Crippen molar-refractivity contribution in [1.29, 1.82) is 0 Å². The molecule has 1 aliphatic carbocycles. The first kappa shape index (κ1) is 49.0. The molecule has 0 spiro atoms. The van der Waals surface area contributed by atoms with Crippen molar-refractivity contribution in [2.45, 2.75) is 283 Å². The minimum Gasteiger partial charge on any atom is -0.466 e. The molecule has 1 saturated carbocycles. The molecule has 0 aromatic carbocycles. The molecule has 318 valence electrons. The fourth-order valence-electron chi connectivity index (χ4n) is 8.87. The lowest BCUT2D eigenvalue weighted by Gasteiger charge is -2.30. The van der Waals surface area contributed by atoms with Gasteiger partial charge >= 0.3 is 11.9 Å². The van der Waals surface area contributed by atoms with Crippen molar-refractivity contribution in [3.8, 4) is 0 Å². The van der Waals surface area contributed by atoms with E-state index in [-0.39, 0.29) is 18.0 Å². The zero-order valence-electron chi connectivity index (χ0n) is 36.7. The van der Waals surface area contributed by atoms with Crippen LogP contribution in [0.15, 0.2) is 0 Å². The highest BCUT2D eigenvalue weighted by atomic mass is 16.5. The summed E-state index contributed by atoms with van der Waals surface area (Å²) >= 11 is 0. The van der Waals surface area contributed by atoms with Crippen molar-refractivity contribution in [2.24, 2.45) is 5.92 Å². The number of rotatable bonds is 40. The number of ether oxygens (including phenoxy) is 2. The fourth-order valence-corrected chi connectivity index (χ4v) is 8.87. The van der Waals surface area contributed by atoms with Crippen molar-refractivity contribution >= 4 is 11.9 Å². The van der Waals surface area contributed by atoms with Gasteiger partial charge in [0.15, 0.2) is 0 Å². The zero-order valence-corrected chi connectivity index (χ0v) is 36.7. The number of carbonyl (C=O) groups is 2. The average molecular weight is 760 g/mol. The number of likely N-dealkylation sites (tertiary alicyclic amines) is 1. The summed E-state index contributed by atoms with van der Waals surface area (Å²) < 4.78 is 11.7. The number of unbranched alkanes of at least 4 members (excludes halogenated alkanes) is 22. The minimum atomic E-state index is 0.0128. The van der Waals surface area contributed by atoms with Crippen LogP contribution >= 0.6 is 0 Å². The Balaban J connectivity index is 1.58. The van der Waals surface area contributed by atoms with Gasteiger partial charge in [0.1, 0.15) is 6.10 Å². The predicted octanol–water partition coefficient (Wildman–Crippen LogP) is 15.0. The van der Waals surface area contributed by atoms with E-state index in [1.807, 2.05) is 0 Å². The Morgan fingerprint density at radius 1 is 0.481 bits per heavy atom. The van der Waals surface area contributed by atoms with Crippen molar-refractivity contribution in [2.75, 3.05) is 13.2 Å². The molecule has 2 unspecified atom stereocenters. The van der Waals surface area contributed by atoms with Crippen LogP contribution < -0.4 is 0 Å². The Kier molecular flexibility index (Phi) is 31.9. The lowest BCUT2D eigenvalue weighted by Crippen LogP contribution is -2.37. The summed E-state index contributed by atoms with van der Waals surface area (Å²) in [6.45, 7) is 8.70. The van der Waals surface area contributed by atoms with Gasteiger partial charge in [0, 0.05) is 24.9 Å². The maximum absolute atomic E-state index is 12.9. The second kappa shape index (κ2) is 35.1. The molecule has 1 heterocycles. The molecule has 1 saturated heterocycles. The van der Waals surface area contributed by atoms with Crippen LogP contribution in [0.2, 0.25) is 0 Å². The molecular formula is C49H93NO4. The Morgan fingerprint density at radius 2 is 0.907 bits per heavy atom. The molecule has 5 nitrogen and oxygen atoms in total. The van der Waals surface area contributed by atoms with E-state index in [0.717, 1.165) is 56.9 Å². The molecule has 0 bridgehead atoms. The van der Waals surface area contributed by atoms with E-state index in [1.165, 1.54) is 193 Å². The van der Waals surface area contributed by atoms with E-state index >= 15 is 0 Å². The first-order chi connectivity index (χ1) is 26.6. The molecule has 2 fully saturated rings. The zero-order chi connectivity index (χ0) is 38.7. The van der Waals surface area contributed by atoms with Gasteiger partial charge in [-0.15, -0.1) is 0 Å². The third-order valence-electron chi connectivity index (χ3n) is 12.7. The summed E-state index contributed by atoms with van der Waals surface area (Å²) in [6.07, 6.45) is 46.8. The Bertz CT molecular complexity index is 843. The molecule has 2 aliphatic rings. The molecule has 5 heteroatoms. The summed E-state index contributed by atoms with van der Waals surface area (Å²) in [4.78, 5) is 28.1. The van der Waals surface area contributed by atoms with E-state index < -0.39 is 0 Å². The molecule has 2 rings (SSSR count). The van der Waals surface area contributed by atoms with E-state index in [1.54, 1.807) is 0 Å². The predicted molar refractivity (Wildman–Crippen MR) is 231 cm³/mol. The number of esters is 2. The van der Waals surface area contributed by atoms with Crippen LogP contribution in [0.3, 0.4) is 0 Å². The highest BCUT2D eigenvalue weighted by Gasteiger charge is 2.33. The van der Waals surface area contributed by atoms with E-state index in [9.17, 15) is 9.59 Å². The van der Waals surface area contributed by atoms with Gasteiger partial charge in [-0.25, -0.2) is 0 Å². The lowest BCUT2D eigenvalue weighted by molar-refractivity contribution is -0.150. The van der Waals surface area contributed by atoms with Crippen molar-refractivity contribution in [1.82, 2.24) is 4.90 Å². The van der Waals surface area contributed by atoms with E-state index in [0.29, 0.717) is 25.5 Å². The normalized spacial score (nSPS) is 17.5. The number of hydrogen-bond acceptors (Lipinski definition) is 5. The van der Waals surface area contributed by atoms with Crippen molar-refractivity contribution in [3.63, 3.8) is 0 Å². The molecule has 0 aromatic heterocycles. The van der Waals surface area contributed by atoms with Crippen LogP contribution in [-0.4, -0.2) is 48.2 Å². The van der Waals surface area contributed by atoms with Crippen LogP contribution in [0.1, 0.15) is 265 Å². The second-order valence-corrected chi connectivity index (χ2v) is 17.8. The molecule has 1 aliphatic heterocycles. The smallest absolute Gasteiger partial charge is 0.306 e. The summed E-state index contributed by atoms with van der Waals surface area (Å²) in [5.74, 6) is 1.04. The lowest BCUT2D eigenvalue weighted by atomic mass is 10.0. The maximum atomic E-state index is 12.9.